The third-order valence-electron chi connectivity index (χ3n) is 3.54. The minimum Gasteiger partial charge on any atom is -0.349 e. The minimum atomic E-state index is -3.22. The van der Waals surface area contributed by atoms with Crippen LogP contribution in [0.2, 0.25) is 0 Å². The van der Waals surface area contributed by atoms with E-state index < -0.39 is 9.84 Å². The van der Waals surface area contributed by atoms with Gasteiger partial charge in [0.2, 0.25) is 0 Å². The van der Waals surface area contributed by atoms with E-state index in [9.17, 15) is 13.2 Å². The van der Waals surface area contributed by atoms with Crippen LogP contribution < -0.4 is 5.32 Å². The molecule has 0 aliphatic heterocycles. The molecule has 1 fully saturated rings. The highest BCUT2D eigenvalue weighted by Crippen LogP contribution is 2.23. The van der Waals surface area contributed by atoms with Gasteiger partial charge in [-0.25, -0.2) is 8.42 Å². The van der Waals surface area contributed by atoms with Crippen molar-refractivity contribution in [2.24, 2.45) is 0 Å². The Kier molecular flexibility index (Phi) is 4.70. The molecule has 110 valence electrons. The second-order valence-electron chi connectivity index (χ2n) is 5.22. The van der Waals surface area contributed by atoms with Gasteiger partial charge in [0.1, 0.15) is 0 Å². The van der Waals surface area contributed by atoms with Gasteiger partial charge in [0.25, 0.3) is 5.91 Å². The van der Waals surface area contributed by atoms with E-state index in [1.54, 1.807) is 12.1 Å². The quantitative estimate of drug-likeness (QED) is 0.871. The molecule has 0 radical (unpaired) electrons. The molecule has 0 unspecified atom stereocenters. The Morgan fingerprint density at radius 1 is 1.15 bits per heavy atom. The van der Waals surface area contributed by atoms with Crippen molar-refractivity contribution in [3.05, 3.63) is 29.8 Å². The monoisotopic (exact) mass is 315 g/mol. The largest absolute Gasteiger partial charge is 0.349 e. The number of carbonyl (C=O) groups excluding carboxylic acids is 1. The summed E-state index contributed by atoms with van der Waals surface area (Å²) in [6.45, 7) is 0. The van der Waals surface area contributed by atoms with E-state index in [4.69, 9.17) is 11.6 Å². The first kappa shape index (κ1) is 15.3. The molecule has 4 nitrogen and oxygen atoms in total. The number of carbonyl (C=O) groups is 1. The van der Waals surface area contributed by atoms with Crippen LogP contribution in [0.1, 0.15) is 36.0 Å². The van der Waals surface area contributed by atoms with E-state index in [2.05, 4.69) is 5.32 Å². The van der Waals surface area contributed by atoms with Crippen molar-refractivity contribution in [3.8, 4) is 0 Å². The number of halogens is 1. The molecule has 1 aliphatic carbocycles. The molecule has 1 aromatic rings. The lowest BCUT2D eigenvalue weighted by molar-refractivity contribution is 0.0928. The van der Waals surface area contributed by atoms with Crippen LogP contribution in [0.4, 0.5) is 0 Å². The van der Waals surface area contributed by atoms with E-state index in [0.717, 1.165) is 31.9 Å². The molecule has 1 amide bonds. The molecule has 0 spiro atoms. The van der Waals surface area contributed by atoms with Crippen molar-refractivity contribution in [2.75, 3.05) is 6.26 Å². The molecule has 1 N–H and O–H groups in total. The number of benzene rings is 1. The van der Waals surface area contributed by atoms with Gasteiger partial charge in [0.05, 0.1) is 4.90 Å². The molecule has 0 atom stereocenters. The summed E-state index contributed by atoms with van der Waals surface area (Å²) in [6, 6.07) is 6.16. The first-order chi connectivity index (χ1) is 9.36. The third kappa shape index (κ3) is 3.96. The van der Waals surface area contributed by atoms with Crippen LogP contribution in [-0.4, -0.2) is 32.0 Å². The van der Waals surface area contributed by atoms with Crippen molar-refractivity contribution in [2.45, 2.75) is 42.0 Å². The first-order valence-corrected chi connectivity index (χ1v) is 8.94. The predicted octanol–water partition coefficient (Wildman–Crippen LogP) is 2.37. The predicted molar refractivity (Wildman–Crippen MR) is 78.9 cm³/mol. The zero-order valence-electron chi connectivity index (χ0n) is 11.3. The molecule has 0 saturated heterocycles. The molecule has 1 aromatic carbocycles. The highest BCUT2D eigenvalue weighted by atomic mass is 35.5. The summed E-state index contributed by atoms with van der Waals surface area (Å²) in [5.74, 6) is -0.164. The van der Waals surface area contributed by atoms with Crippen LogP contribution in [0.5, 0.6) is 0 Å². The Morgan fingerprint density at radius 2 is 1.70 bits per heavy atom. The Balaban J connectivity index is 1.99. The lowest BCUT2D eigenvalue weighted by atomic mass is 9.95. The molecular formula is C14H18ClNO3S. The van der Waals surface area contributed by atoms with E-state index in [0.29, 0.717) is 5.56 Å². The molecule has 0 bridgehead atoms. The number of hydrogen-bond donors (Lipinski definition) is 1. The number of amides is 1. The van der Waals surface area contributed by atoms with Gasteiger partial charge >= 0.3 is 0 Å². The first-order valence-electron chi connectivity index (χ1n) is 6.61. The highest BCUT2D eigenvalue weighted by molar-refractivity contribution is 7.90. The van der Waals surface area contributed by atoms with Gasteiger partial charge in [-0.2, -0.15) is 0 Å². The minimum absolute atomic E-state index is 0.159. The Morgan fingerprint density at radius 3 is 2.20 bits per heavy atom. The van der Waals surface area contributed by atoms with Crippen LogP contribution >= 0.6 is 11.6 Å². The SMILES string of the molecule is CS(=O)(=O)c1ccc(C(=O)NC2CCC(Cl)CC2)cc1. The summed E-state index contributed by atoms with van der Waals surface area (Å²) in [7, 11) is -3.22. The standard InChI is InChI=1S/C14H18ClNO3S/c1-20(18,19)13-8-2-10(3-9-13)14(17)16-12-6-4-11(15)5-7-12/h2-3,8-9,11-12H,4-7H2,1H3,(H,16,17). The second-order valence-corrected chi connectivity index (χ2v) is 7.85. The average Bonchev–Trinajstić information content (AvgIpc) is 2.40. The number of rotatable bonds is 3. The van der Waals surface area contributed by atoms with Gasteiger partial charge in [-0.1, -0.05) is 0 Å². The summed E-state index contributed by atoms with van der Waals surface area (Å²) >= 11 is 6.03. The zero-order chi connectivity index (χ0) is 14.8. The number of alkyl halides is 1. The third-order valence-corrected chi connectivity index (χ3v) is 5.10. The topological polar surface area (TPSA) is 63.2 Å². The smallest absolute Gasteiger partial charge is 0.251 e. The van der Waals surface area contributed by atoms with Crippen LogP contribution in [0.15, 0.2) is 29.2 Å². The summed E-state index contributed by atoms with van der Waals surface area (Å²) in [5, 5.41) is 3.19. The van der Waals surface area contributed by atoms with Gasteiger partial charge in [0.15, 0.2) is 9.84 Å². The maximum absolute atomic E-state index is 12.1. The second kappa shape index (κ2) is 6.14. The highest BCUT2D eigenvalue weighted by Gasteiger charge is 2.21. The summed E-state index contributed by atoms with van der Waals surface area (Å²) < 4.78 is 22.7. The fourth-order valence-corrected chi connectivity index (χ4v) is 3.20. The van der Waals surface area contributed by atoms with Crippen LogP contribution in [-0.2, 0) is 9.84 Å². The fraction of sp³-hybridized carbons (Fsp3) is 0.500. The van der Waals surface area contributed by atoms with Gasteiger partial charge in [-0.15, -0.1) is 11.6 Å². The fourth-order valence-electron chi connectivity index (χ4n) is 2.32. The van der Waals surface area contributed by atoms with Crippen molar-refractivity contribution < 1.29 is 13.2 Å². The maximum atomic E-state index is 12.1. The van der Waals surface area contributed by atoms with Crippen molar-refractivity contribution in [3.63, 3.8) is 0 Å². The van der Waals surface area contributed by atoms with E-state index in [1.807, 2.05) is 0 Å². The molecular weight excluding hydrogens is 298 g/mol. The van der Waals surface area contributed by atoms with Crippen molar-refractivity contribution in [1.29, 1.82) is 0 Å². The normalized spacial score (nSPS) is 23.3. The molecule has 1 aliphatic rings. The summed E-state index contributed by atoms with van der Waals surface area (Å²) in [6.07, 6.45) is 4.76. The van der Waals surface area contributed by atoms with Gasteiger partial charge in [-0.05, 0) is 49.9 Å². The average molecular weight is 316 g/mol. The molecule has 2 rings (SSSR count). The van der Waals surface area contributed by atoms with Gasteiger partial charge < -0.3 is 5.32 Å². The molecule has 20 heavy (non-hydrogen) atoms. The van der Waals surface area contributed by atoms with Crippen LogP contribution in [0.25, 0.3) is 0 Å². The lowest BCUT2D eigenvalue weighted by Gasteiger charge is -2.25. The number of hydrogen-bond acceptors (Lipinski definition) is 3. The van der Waals surface area contributed by atoms with Gasteiger partial charge in [-0.3, -0.25) is 4.79 Å². The maximum Gasteiger partial charge on any atom is 0.251 e. The molecule has 0 aromatic heterocycles. The number of nitrogens with one attached hydrogen (secondary N) is 1. The molecule has 0 heterocycles. The summed E-state index contributed by atoms with van der Waals surface area (Å²) in [5.41, 5.74) is 0.477. The van der Waals surface area contributed by atoms with Gasteiger partial charge in [0, 0.05) is 23.2 Å². The number of sulfone groups is 1. The van der Waals surface area contributed by atoms with E-state index in [1.165, 1.54) is 12.1 Å². The Hall–Kier alpha value is -1.07. The van der Waals surface area contributed by atoms with Crippen LogP contribution in [0, 0.1) is 0 Å². The Bertz CT molecular complexity index is 575. The van der Waals surface area contributed by atoms with E-state index >= 15 is 0 Å². The Labute approximate surface area is 124 Å². The van der Waals surface area contributed by atoms with Crippen molar-refractivity contribution in [1.82, 2.24) is 5.32 Å². The van der Waals surface area contributed by atoms with Crippen molar-refractivity contribution >= 4 is 27.3 Å². The zero-order valence-corrected chi connectivity index (χ0v) is 12.9. The van der Waals surface area contributed by atoms with E-state index in [-0.39, 0.29) is 22.2 Å². The van der Waals surface area contributed by atoms with Crippen LogP contribution in [0.3, 0.4) is 0 Å². The molecule has 1 saturated carbocycles. The molecule has 6 heteroatoms. The lowest BCUT2D eigenvalue weighted by Crippen LogP contribution is -2.37. The summed E-state index contributed by atoms with van der Waals surface area (Å²) in [4.78, 5) is 12.3.